The zero-order chi connectivity index (χ0) is 14.8. The second-order valence-electron chi connectivity index (χ2n) is 4.38. The summed E-state index contributed by atoms with van der Waals surface area (Å²) < 4.78 is 20.0. The van der Waals surface area contributed by atoms with E-state index in [1.165, 1.54) is 4.57 Å². The molecule has 0 radical (unpaired) electrons. The van der Waals surface area contributed by atoms with E-state index in [0.29, 0.717) is 29.0 Å². The average molecular weight is 288 g/mol. The summed E-state index contributed by atoms with van der Waals surface area (Å²) in [5.74, 6) is 0.410. The van der Waals surface area contributed by atoms with Crippen molar-refractivity contribution in [2.24, 2.45) is 0 Å². The van der Waals surface area contributed by atoms with Crippen LogP contribution in [0.1, 0.15) is 6.92 Å². The molecular weight excluding hydrogens is 275 g/mol. The molecule has 3 rings (SSSR count). The fraction of sp³-hybridized carbons (Fsp3) is 0.214. The van der Waals surface area contributed by atoms with Crippen molar-refractivity contribution in [2.45, 2.75) is 13.5 Å². The fourth-order valence-corrected chi connectivity index (χ4v) is 2.17. The highest BCUT2D eigenvalue weighted by molar-refractivity contribution is 5.73. The summed E-state index contributed by atoms with van der Waals surface area (Å²) in [6, 6.07) is 8.38. The minimum absolute atomic E-state index is 0.244. The first kappa shape index (κ1) is 13.3. The van der Waals surface area contributed by atoms with E-state index in [1.807, 2.05) is 6.92 Å². The van der Waals surface area contributed by atoms with Gasteiger partial charge >= 0.3 is 0 Å². The zero-order valence-electron chi connectivity index (χ0n) is 11.4. The Morgan fingerprint density at radius 1 is 1.24 bits per heavy atom. The van der Waals surface area contributed by atoms with Crippen molar-refractivity contribution in [1.82, 2.24) is 19.6 Å². The van der Waals surface area contributed by atoms with E-state index in [0.717, 1.165) is 0 Å². The van der Waals surface area contributed by atoms with E-state index >= 15 is 0 Å². The number of rotatable bonds is 4. The summed E-state index contributed by atoms with van der Waals surface area (Å²) in [5.41, 5.74) is 1.44. The summed E-state index contributed by atoms with van der Waals surface area (Å²) in [6.07, 6.45) is 1.67. The maximum Gasteiger partial charge on any atom is 0.285 e. The lowest BCUT2D eigenvalue weighted by atomic mass is 10.3. The normalized spacial score (nSPS) is 11.0. The van der Waals surface area contributed by atoms with Crippen LogP contribution in [0, 0.1) is 0 Å². The van der Waals surface area contributed by atoms with Gasteiger partial charge in [0.15, 0.2) is 5.52 Å². The Bertz CT molecular complexity index is 823. The number of halogens is 1. The van der Waals surface area contributed by atoms with Crippen molar-refractivity contribution in [3.05, 3.63) is 46.9 Å². The number of hydrogen-bond acceptors (Lipinski definition) is 4. The monoisotopic (exact) mass is 288 g/mol. The maximum atomic E-state index is 12.4. The van der Waals surface area contributed by atoms with Crippen LogP contribution in [0.15, 0.2) is 41.3 Å². The first-order valence-corrected chi connectivity index (χ1v) is 6.48. The topological polar surface area (TPSA) is 61.9 Å². The van der Waals surface area contributed by atoms with Gasteiger partial charge in [0, 0.05) is 18.4 Å². The first-order chi connectivity index (χ1) is 10.2. The molecule has 0 unspecified atom stereocenters. The molecule has 3 aromatic rings. The van der Waals surface area contributed by atoms with E-state index in [9.17, 15) is 9.18 Å². The Kier molecular flexibility index (Phi) is 3.39. The molecule has 0 saturated carbocycles. The smallest absolute Gasteiger partial charge is 0.285 e. The third-order valence-corrected chi connectivity index (χ3v) is 3.21. The lowest BCUT2D eigenvalue weighted by Gasteiger charge is -2.07. The molecule has 108 valence electrons. The Balaban J connectivity index is 2.08. The molecule has 0 amide bonds. The third-order valence-electron chi connectivity index (χ3n) is 3.21. The lowest BCUT2D eigenvalue weighted by molar-refractivity contribution is 0.192. The second-order valence-corrected chi connectivity index (χ2v) is 4.38. The number of alkyl halides is 1. The number of hydrogen-bond donors (Lipinski definition) is 0. The number of aromatic nitrogens is 4. The molecule has 21 heavy (non-hydrogen) atoms. The summed E-state index contributed by atoms with van der Waals surface area (Å²) in [5, 5.41) is 7.87. The SMILES string of the molecule is CCn1nnc2c(=O)n(-c3ccc(OCF)cc3)ccc21. The fourth-order valence-electron chi connectivity index (χ4n) is 2.17. The molecule has 0 spiro atoms. The van der Waals surface area contributed by atoms with Gasteiger partial charge in [-0.2, -0.15) is 0 Å². The predicted octanol–water partition coefficient (Wildman–Crippen LogP) is 1.91. The van der Waals surface area contributed by atoms with Gasteiger partial charge in [0.1, 0.15) is 5.75 Å². The van der Waals surface area contributed by atoms with Gasteiger partial charge in [0.05, 0.1) is 5.52 Å². The van der Waals surface area contributed by atoms with Gasteiger partial charge in [-0.15, -0.1) is 5.10 Å². The summed E-state index contributed by atoms with van der Waals surface area (Å²) >= 11 is 0. The summed E-state index contributed by atoms with van der Waals surface area (Å²) in [6.45, 7) is 1.70. The Morgan fingerprint density at radius 2 is 2.00 bits per heavy atom. The minimum atomic E-state index is -0.884. The van der Waals surface area contributed by atoms with Crippen LogP contribution in [0.25, 0.3) is 16.7 Å². The van der Waals surface area contributed by atoms with Crippen molar-refractivity contribution in [2.75, 3.05) is 6.86 Å². The largest absolute Gasteiger partial charge is 0.463 e. The van der Waals surface area contributed by atoms with Crippen molar-refractivity contribution in [1.29, 1.82) is 0 Å². The van der Waals surface area contributed by atoms with Crippen molar-refractivity contribution >= 4 is 11.0 Å². The number of nitrogens with zero attached hydrogens (tertiary/aromatic N) is 4. The quantitative estimate of drug-likeness (QED) is 0.735. The molecule has 6 nitrogen and oxygen atoms in total. The molecule has 0 atom stereocenters. The first-order valence-electron chi connectivity index (χ1n) is 6.48. The van der Waals surface area contributed by atoms with Crippen LogP contribution in [0.4, 0.5) is 4.39 Å². The molecule has 0 fully saturated rings. The van der Waals surface area contributed by atoms with E-state index in [-0.39, 0.29) is 5.56 Å². The molecule has 1 aromatic carbocycles. The van der Waals surface area contributed by atoms with Gasteiger partial charge in [-0.3, -0.25) is 9.36 Å². The van der Waals surface area contributed by atoms with Crippen LogP contribution < -0.4 is 10.3 Å². The zero-order valence-corrected chi connectivity index (χ0v) is 11.4. The minimum Gasteiger partial charge on any atom is -0.463 e. The number of aryl methyl sites for hydroxylation is 1. The van der Waals surface area contributed by atoms with Crippen molar-refractivity contribution in [3.63, 3.8) is 0 Å². The third kappa shape index (κ3) is 2.26. The molecule has 2 aromatic heterocycles. The second kappa shape index (κ2) is 5.35. The van der Waals surface area contributed by atoms with Crippen molar-refractivity contribution < 1.29 is 9.13 Å². The van der Waals surface area contributed by atoms with Gasteiger partial charge in [0.2, 0.25) is 6.86 Å². The molecular formula is C14H13FN4O2. The van der Waals surface area contributed by atoms with Gasteiger partial charge in [-0.05, 0) is 37.3 Å². The number of fused-ring (bicyclic) bond motifs is 1. The van der Waals surface area contributed by atoms with Crippen LogP contribution in [0.2, 0.25) is 0 Å². The highest BCUT2D eigenvalue weighted by Crippen LogP contribution is 2.15. The van der Waals surface area contributed by atoms with E-state index in [4.69, 9.17) is 4.74 Å². The van der Waals surface area contributed by atoms with Crippen LogP contribution in [-0.4, -0.2) is 26.4 Å². The van der Waals surface area contributed by atoms with Crippen LogP contribution >= 0.6 is 0 Å². The van der Waals surface area contributed by atoms with Crippen LogP contribution in [-0.2, 0) is 6.54 Å². The molecule has 7 heteroatoms. The van der Waals surface area contributed by atoms with E-state index < -0.39 is 6.86 Å². The highest BCUT2D eigenvalue weighted by atomic mass is 19.1. The molecule has 0 bridgehead atoms. The number of pyridine rings is 1. The van der Waals surface area contributed by atoms with E-state index in [1.54, 1.807) is 41.2 Å². The van der Waals surface area contributed by atoms with Gasteiger partial charge in [-0.25, -0.2) is 9.07 Å². The molecule has 0 aliphatic heterocycles. The molecule has 2 heterocycles. The van der Waals surface area contributed by atoms with Crippen LogP contribution in [0.5, 0.6) is 5.75 Å². The Labute approximate surface area is 119 Å². The molecule has 0 aliphatic rings. The lowest BCUT2D eigenvalue weighted by Crippen LogP contribution is -2.17. The van der Waals surface area contributed by atoms with Gasteiger partial charge in [-0.1, -0.05) is 5.21 Å². The predicted molar refractivity (Wildman–Crippen MR) is 75.4 cm³/mol. The van der Waals surface area contributed by atoms with Gasteiger partial charge < -0.3 is 4.74 Å². The van der Waals surface area contributed by atoms with E-state index in [2.05, 4.69) is 10.3 Å². The highest BCUT2D eigenvalue weighted by Gasteiger charge is 2.10. The summed E-state index contributed by atoms with van der Waals surface area (Å²) in [7, 11) is 0. The Morgan fingerprint density at radius 3 is 2.67 bits per heavy atom. The van der Waals surface area contributed by atoms with Crippen molar-refractivity contribution in [3.8, 4) is 11.4 Å². The maximum absolute atomic E-state index is 12.4. The molecule has 0 aliphatic carbocycles. The standard InChI is InChI=1S/C14H13FN4O2/c1-2-19-12-7-8-18(14(20)13(12)16-17-19)10-3-5-11(6-4-10)21-9-15/h3-8H,2,9H2,1H3. The molecule has 0 saturated heterocycles. The Hall–Kier alpha value is -2.70. The van der Waals surface area contributed by atoms with Crippen LogP contribution in [0.3, 0.4) is 0 Å². The number of ether oxygens (including phenoxy) is 1. The summed E-state index contributed by atoms with van der Waals surface area (Å²) in [4.78, 5) is 12.4. The number of benzene rings is 1. The average Bonchev–Trinajstić information content (AvgIpc) is 2.93. The molecule has 0 N–H and O–H groups in total. The van der Waals surface area contributed by atoms with Gasteiger partial charge in [0.25, 0.3) is 5.56 Å².